The van der Waals surface area contributed by atoms with Crippen LogP contribution in [-0.2, 0) is 19.3 Å². The summed E-state index contributed by atoms with van der Waals surface area (Å²) in [5.74, 6) is 0.964. The Bertz CT molecular complexity index is 876. The molecule has 0 unspecified atom stereocenters. The first-order valence-electron chi connectivity index (χ1n) is 7.53. The van der Waals surface area contributed by atoms with Gasteiger partial charge in [0.05, 0.1) is 24.9 Å². The molecular weight excluding hydrogens is 367 g/mol. The molecule has 3 rings (SSSR count). The zero-order chi connectivity index (χ0) is 18.6. The first kappa shape index (κ1) is 17.9. The third-order valence-electron chi connectivity index (χ3n) is 3.36. The number of hydrogen-bond donors (Lipinski definition) is 2. The fourth-order valence-corrected chi connectivity index (χ4v) is 2.35. The molecule has 26 heavy (non-hydrogen) atoms. The second-order valence-corrected chi connectivity index (χ2v) is 5.76. The Kier molecular flexibility index (Phi) is 5.21. The summed E-state index contributed by atoms with van der Waals surface area (Å²) in [6, 6.07) is 8.65. The normalized spacial score (nSPS) is 11.3. The van der Waals surface area contributed by atoms with Gasteiger partial charge in [-0.25, -0.2) is 9.67 Å². The van der Waals surface area contributed by atoms with Crippen LogP contribution >= 0.6 is 12.2 Å². The minimum absolute atomic E-state index is 0.158. The van der Waals surface area contributed by atoms with Crippen molar-refractivity contribution < 1.29 is 17.6 Å². The molecule has 6 nitrogen and oxygen atoms in total. The summed E-state index contributed by atoms with van der Waals surface area (Å²) < 4.78 is 44.9. The van der Waals surface area contributed by atoms with Crippen LogP contribution in [0.4, 0.5) is 19.1 Å². The molecule has 0 saturated carbocycles. The largest absolute Gasteiger partial charge is 0.467 e. The summed E-state index contributed by atoms with van der Waals surface area (Å²) in [7, 11) is 0. The molecule has 3 aromatic rings. The van der Waals surface area contributed by atoms with Gasteiger partial charge in [-0.1, -0.05) is 12.1 Å². The van der Waals surface area contributed by atoms with Gasteiger partial charge in [0.2, 0.25) is 5.95 Å². The van der Waals surface area contributed by atoms with Gasteiger partial charge >= 0.3 is 6.18 Å². The lowest BCUT2D eigenvalue weighted by Gasteiger charge is -2.08. The molecular formula is C16H14F3N5OS. The lowest BCUT2D eigenvalue weighted by Crippen LogP contribution is -2.28. The molecule has 10 heteroatoms. The van der Waals surface area contributed by atoms with E-state index in [4.69, 9.17) is 16.6 Å². The topological polar surface area (TPSA) is 67.9 Å². The molecule has 0 spiro atoms. The summed E-state index contributed by atoms with van der Waals surface area (Å²) in [6.45, 7) is 0.564. The third-order valence-corrected chi connectivity index (χ3v) is 3.61. The highest BCUT2D eigenvalue weighted by Gasteiger charge is 2.30. The van der Waals surface area contributed by atoms with E-state index in [0.29, 0.717) is 17.2 Å². The van der Waals surface area contributed by atoms with Crippen molar-refractivity contribution in [2.24, 2.45) is 0 Å². The second-order valence-electron chi connectivity index (χ2n) is 5.35. The molecule has 1 aromatic carbocycles. The summed E-state index contributed by atoms with van der Waals surface area (Å²) in [6.07, 6.45) is -1.40. The Labute approximate surface area is 152 Å². The summed E-state index contributed by atoms with van der Waals surface area (Å²) in [4.78, 5) is 4.04. The van der Waals surface area contributed by atoms with Crippen LogP contribution in [0.1, 0.15) is 16.9 Å². The van der Waals surface area contributed by atoms with Gasteiger partial charge in [-0.2, -0.15) is 13.2 Å². The van der Waals surface area contributed by atoms with Crippen molar-refractivity contribution in [3.8, 4) is 0 Å². The number of hydrogen-bond acceptors (Lipinski definition) is 4. The lowest BCUT2D eigenvalue weighted by molar-refractivity contribution is -0.137. The van der Waals surface area contributed by atoms with Crippen LogP contribution in [0.2, 0.25) is 0 Å². The smallest absolute Gasteiger partial charge is 0.416 e. The number of nitrogens with one attached hydrogen (secondary N) is 2. The van der Waals surface area contributed by atoms with Crippen LogP contribution in [-0.4, -0.2) is 19.9 Å². The average Bonchev–Trinajstić information content (AvgIpc) is 3.24. The van der Waals surface area contributed by atoms with Crippen molar-refractivity contribution in [2.75, 3.05) is 5.32 Å². The number of alkyl halides is 3. The highest BCUT2D eigenvalue weighted by molar-refractivity contribution is 7.80. The van der Waals surface area contributed by atoms with Gasteiger partial charge in [0, 0.05) is 0 Å². The molecule has 0 saturated heterocycles. The lowest BCUT2D eigenvalue weighted by atomic mass is 10.1. The fourth-order valence-electron chi connectivity index (χ4n) is 2.19. The Morgan fingerprint density at radius 3 is 2.81 bits per heavy atom. The summed E-state index contributed by atoms with van der Waals surface area (Å²) >= 11 is 5.13. The maximum absolute atomic E-state index is 12.8. The van der Waals surface area contributed by atoms with Gasteiger partial charge < -0.3 is 9.73 Å². The molecule has 0 aliphatic carbocycles. The van der Waals surface area contributed by atoms with Gasteiger partial charge in [0.25, 0.3) is 0 Å². The molecule has 0 fully saturated rings. The van der Waals surface area contributed by atoms with Crippen molar-refractivity contribution in [3.63, 3.8) is 0 Å². The van der Waals surface area contributed by atoms with Gasteiger partial charge in [0.15, 0.2) is 5.11 Å². The zero-order valence-electron chi connectivity index (χ0n) is 13.3. The summed E-state index contributed by atoms with van der Waals surface area (Å²) in [5, 5.41) is 10.2. The molecule has 2 heterocycles. The van der Waals surface area contributed by atoms with E-state index in [1.54, 1.807) is 24.5 Å². The van der Waals surface area contributed by atoms with Gasteiger partial charge in [-0.3, -0.25) is 5.32 Å². The van der Waals surface area contributed by atoms with Crippen LogP contribution in [0.5, 0.6) is 0 Å². The van der Waals surface area contributed by atoms with E-state index in [0.717, 1.165) is 17.9 Å². The number of halogens is 3. The van der Waals surface area contributed by atoms with E-state index < -0.39 is 11.7 Å². The number of furan rings is 1. The van der Waals surface area contributed by atoms with Crippen molar-refractivity contribution in [1.29, 1.82) is 0 Å². The predicted octanol–water partition coefficient (Wildman–Crippen LogP) is 3.42. The van der Waals surface area contributed by atoms with Crippen LogP contribution < -0.4 is 10.6 Å². The summed E-state index contributed by atoms with van der Waals surface area (Å²) in [5.41, 5.74) is -0.230. The van der Waals surface area contributed by atoms with E-state index in [9.17, 15) is 13.2 Å². The first-order valence-corrected chi connectivity index (χ1v) is 7.94. The number of anilines is 1. The molecule has 0 aliphatic rings. The molecule has 136 valence electrons. The maximum Gasteiger partial charge on any atom is 0.416 e. The van der Waals surface area contributed by atoms with Crippen molar-refractivity contribution in [2.45, 2.75) is 19.3 Å². The van der Waals surface area contributed by atoms with Gasteiger partial charge in [-0.15, -0.1) is 5.10 Å². The van der Waals surface area contributed by atoms with Crippen LogP contribution in [0.3, 0.4) is 0 Å². The Balaban J connectivity index is 1.57. The number of thiocarbonyl (C=S) groups is 1. The number of benzene rings is 1. The highest BCUT2D eigenvalue weighted by Crippen LogP contribution is 2.29. The van der Waals surface area contributed by atoms with Crippen molar-refractivity contribution in [1.82, 2.24) is 20.1 Å². The Morgan fingerprint density at radius 2 is 2.08 bits per heavy atom. The second kappa shape index (κ2) is 7.56. The van der Waals surface area contributed by atoms with Gasteiger partial charge in [-0.05, 0) is 42.0 Å². The third kappa shape index (κ3) is 4.82. The minimum Gasteiger partial charge on any atom is -0.467 e. The first-order chi connectivity index (χ1) is 12.4. The van der Waals surface area contributed by atoms with Crippen molar-refractivity contribution in [3.05, 3.63) is 65.9 Å². The van der Waals surface area contributed by atoms with Crippen molar-refractivity contribution >= 4 is 23.3 Å². The molecule has 0 atom stereocenters. The van der Waals surface area contributed by atoms with Crippen LogP contribution in [0, 0.1) is 0 Å². The molecule has 0 aliphatic heterocycles. The van der Waals surface area contributed by atoms with Gasteiger partial charge in [0.1, 0.15) is 12.1 Å². The van der Waals surface area contributed by atoms with E-state index >= 15 is 0 Å². The SMILES string of the molecule is FC(F)(F)c1cccc(Cn2cnc(NC(=S)NCc3ccco3)n2)c1. The van der Waals surface area contributed by atoms with E-state index in [-0.39, 0.29) is 12.5 Å². The standard InChI is InChI=1S/C16H14F3N5OS/c17-16(18,19)12-4-1-3-11(7-12)9-24-10-21-14(23-24)22-15(26)20-8-13-5-2-6-25-13/h1-7,10H,8-9H2,(H2,20,22,23,26). The number of aromatic nitrogens is 3. The minimum atomic E-state index is -4.38. The quantitative estimate of drug-likeness (QED) is 0.660. The number of rotatable bonds is 5. The monoisotopic (exact) mass is 381 g/mol. The Hall–Kier alpha value is -2.88. The molecule has 2 aromatic heterocycles. The molecule has 0 bridgehead atoms. The van der Waals surface area contributed by atoms with E-state index in [2.05, 4.69) is 20.7 Å². The molecule has 2 N–H and O–H groups in total. The average molecular weight is 381 g/mol. The van der Waals surface area contributed by atoms with Crippen LogP contribution in [0.25, 0.3) is 0 Å². The van der Waals surface area contributed by atoms with E-state index in [1.165, 1.54) is 17.1 Å². The fraction of sp³-hybridized carbons (Fsp3) is 0.188. The predicted molar refractivity (Wildman–Crippen MR) is 92.3 cm³/mol. The maximum atomic E-state index is 12.8. The zero-order valence-corrected chi connectivity index (χ0v) is 14.1. The molecule has 0 radical (unpaired) electrons. The molecule has 0 amide bonds. The highest BCUT2D eigenvalue weighted by atomic mass is 32.1. The number of nitrogens with zero attached hydrogens (tertiary/aromatic N) is 3. The van der Waals surface area contributed by atoms with E-state index in [1.807, 2.05) is 0 Å². The van der Waals surface area contributed by atoms with Crippen LogP contribution in [0.15, 0.2) is 53.4 Å². The Morgan fingerprint density at radius 1 is 1.23 bits per heavy atom.